The molecule has 0 aromatic rings. The number of hydrogen-bond acceptors (Lipinski definition) is 3. The van der Waals surface area contributed by atoms with Gasteiger partial charge in [0.2, 0.25) is 10.3 Å². The molecule has 0 radical (unpaired) electrons. The van der Waals surface area contributed by atoms with Gasteiger partial charge in [-0.25, -0.2) is 0 Å². The zero-order valence-corrected chi connectivity index (χ0v) is 6.89. The number of rotatable bonds is 0. The molecule has 1 aliphatic rings. The summed E-state index contributed by atoms with van der Waals surface area (Å²) in [5.74, 6) is -0.345. The highest BCUT2D eigenvalue weighted by Crippen LogP contribution is 2.19. The van der Waals surface area contributed by atoms with Crippen molar-refractivity contribution in [3.05, 3.63) is 0 Å². The molecule has 0 heterocycles. The van der Waals surface area contributed by atoms with Crippen LogP contribution in [-0.4, -0.2) is 13.3 Å². The van der Waals surface area contributed by atoms with Gasteiger partial charge in [-0.3, -0.25) is 0 Å². The van der Waals surface area contributed by atoms with E-state index in [0.29, 0.717) is 17.7 Å². The van der Waals surface area contributed by atoms with Crippen LogP contribution < -0.4 is 0 Å². The third kappa shape index (κ3) is 1.81. The first-order chi connectivity index (χ1) is 5.25. The predicted molar refractivity (Wildman–Crippen MR) is 41.5 cm³/mol. The van der Waals surface area contributed by atoms with Crippen LogP contribution in [0.4, 0.5) is 0 Å². The monoisotopic (exact) mass is 171 g/mol. The summed E-state index contributed by atoms with van der Waals surface area (Å²) in [4.78, 5) is 0.402. The van der Waals surface area contributed by atoms with Crippen LogP contribution in [-0.2, 0) is 10.3 Å². The highest BCUT2D eigenvalue weighted by Gasteiger charge is 2.20. The molecule has 0 spiro atoms. The lowest BCUT2D eigenvalue weighted by Crippen LogP contribution is -2.18. The van der Waals surface area contributed by atoms with E-state index in [9.17, 15) is 8.42 Å². The van der Waals surface area contributed by atoms with Crippen molar-refractivity contribution in [3.63, 3.8) is 0 Å². The maximum Gasteiger partial charge on any atom is 0.214 e. The lowest BCUT2D eigenvalue weighted by atomic mass is 9.90. The van der Waals surface area contributed by atoms with Crippen molar-refractivity contribution < 1.29 is 8.42 Å². The van der Waals surface area contributed by atoms with Crippen molar-refractivity contribution in [2.24, 2.45) is 5.92 Å². The molecule has 4 heteroatoms. The molecule has 1 saturated carbocycles. The maximum absolute atomic E-state index is 10.5. The van der Waals surface area contributed by atoms with Gasteiger partial charge in [0.25, 0.3) is 0 Å². The molecule has 60 valence electrons. The van der Waals surface area contributed by atoms with Crippen molar-refractivity contribution >= 4 is 15.2 Å². The first-order valence-corrected chi connectivity index (χ1v) is 4.68. The molecule has 0 bridgehead atoms. The number of nitrogens with zero attached hydrogens (tertiary/aromatic N) is 1. The van der Waals surface area contributed by atoms with Gasteiger partial charge in [0, 0.05) is 0 Å². The van der Waals surface area contributed by atoms with Crippen LogP contribution in [0.3, 0.4) is 0 Å². The molecule has 0 aromatic carbocycles. The Morgan fingerprint density at radius 2 is 2.18 bits per heavy atom. The lowest BCUT2D eigenvalue weighted by molar-refractivity contribution is 0.598. The molecule has 0 saturated heterocycles. The highest BCUT2D eigenvalue weighted by atomic mass is 32.2. The van der Waals surface area contributed by atoms with Gasteiger partial charge >= 0.3 is 0 Å². The highest BCUT2D eigenvalue weighted by molar-refractivity contribution is 7.73. The summed E-state index contributed by atoms with van der Waals surface area (Å²) >= 11 is 0. The molecule has 1 atom stereocenters. The molecule has 0 aromatic heterocycles. The van der Waals surface area contributed by atoms with Gasteiger partial charge in [0.15, 0.2) is 0 Å². The van der Waals surface area contributed by atoms with E-state index in [1.54, 1.807) is 0 Å². The molecular weight excluding hydrogens is 162 g/mol. The standard InChI is InChI=1S/C7H9NO2S/c8-5-6-3-1-2-4-7(6)11(9)10/h6H,1-4H2. The van der Waals surface area contributed by atoms with E-state index in [1.165, 1.54) is 0 Å². The summed E-state index contributed by atoms with van der Waals surface area (Å²) in [6.07, 6.45) is 3.16. The summed E-state index contributed by atoms with van der Waals surface area (Å²) in [5, 5.41) is 8.57. The summed E-state index contributed by atoms with van der Waals surface area (Å²) in [7, 11) is -2.14. The molecule has 0 amide bonds. The Hall–Kier alpha value is -0.820. The fraction of sp³-hybridized carbons (Fsp3) is 0.714. The van der Waals surface area contributed by atoms with E-state index >= 15 is 0 Å². The quantitative estimate of drug-likeness (QED) is 0.505. The molecule has 1 fully saturated rings. The normalized spacial score (nSPS) is 24.3. The zero-order valence-electron chi connectivity index (χ0n) is 6.08. The average Bonchev–Trinajstić information content (AvgIpc) is 2.04. The molecule has 1 aliphatic carbocycles. The van der Waals surface area contributed by atoms with Crippen LogP contribution in [0.5, 0.6) is 0 Å². The second-order valence-electron chi connectivity index (χ2n) is 2.63. The van der Waals surface area contributed by atoms with Crippen LogP contribution in [0.2, 0.25) is 0 Å². The SMILES string of the molecule is N#CC1CCCCC1=S(=O)=O. The van der Waals surface area contributed by atoms with Gasteiger partial charge in [0.05, 0.1) is 16.9 Å². The van der Waals surface area contributed by atoms with Gasteiger partial charge < -0.3 is 0 Å². The minimum absolute atomic E-state index is 0.345. The molecule has 3 nitrogen and oxygen atoms in total. The van der Waals surface area contributed by atoms with Crippen LogP contribution >= 0.6 is 0 Å². The van der Waals surface area contributed by atoms with E-state index in [1.807, 2.05) is 6.07 Å². The fourth-order valence-corrected chi connectivity index (χ4v) is 2.03. The van der Waals surface area contributed by atoms with Crippen molar-refractivity contribution in [2.75, 3.05) is 0 Å². The summed E-state index contributed by atoms with van der Waals surface area (Å²) < 4.78 is 21.1. The van der Waals surface area contributed by atoms with Gasteiger partial charge in [-0.05, 0) is 19.3 Å². The molecule has 1 unspecified atom stereocenters. The molecule has 11 heavy (non-hydrogen) atoms. The van der Waals surface area contributed by atoms with E-state index in [2.05, 4.69) is 0 Å². The molecule has 1 rings (SSSR count). The van der Waals surface area contributed by atoms with Gasteiger partial charge in [-0.2, -0.15) is 13.7 Å². The van der Waals surface area contributed by atoms with Crippen LogP contribution in [0.25, 0.3) is 0 Å². The average molecular weight is 171 g/mol. The number of hydrogen-bond donors (Lipinski definition) is 0. The van der Waals surface area contributed by atoms with E-state index in [-0.39, 0.29) is 5.92 Å². The van der Waals surface area contributed by atoms with Gasteiger partial charge in [-0.15, -0.1) is 0 Å². The van der Waals surface area contributed by atoms with Gasteiger partial charge in [-0.1, -0.05) is 6.42 Å². The first kappa shape index (κ1) is 8.28. The molecular formula is C7H9NO2S. The summed E-state index contributed by atoms with van der Waals surface area (Å²) in [6.45, 7) is 0. The van der Waals surface area contributed by atoms with E-state index < -0.39 is 10.3 Å². The van der Waals surface area contributed by atoms with E-state index in [4.69, 9.17) is 5.26 Å². The van der Waals surface area contributed by atoms with Crippen LogP contribution in [0.15, 0.2) is 0 Å². The minimum atomic E-state index is -2.14. The maximum atomic E-state index is 10.5. The Kier molecular flexibility index (Phi) is 2.66. The molecule has 0 N–H and O–H groups in total. The Morgan fingerprint density at radius 3 is 2.64 bits per heavy atom. The second-order valence-corrected chi connectivity index (χ2v) is 3.62. The van der Waals surface area contributed by atoms with E-state index in [0.717, 1.165) is 12.8 Å². The fourth-order valence-electron chi connectivity index (χ4n) is 1.32. The van der Waals surface area contributed by atoms with Crippen molar-refractivity contribution in [2.45, 2.75) is 25.7 Å². The van der Waals surface area contributed by atoms with Crippen LogP contribution in [0.1, 0.15) is 25.7 Å². The first-order valence-electron chi connectivity index (χ1n) is 3.60. The third-order valence-electron chi connectivity index (χ3n) is 1.92. The Labute approximate surface area is 67.2 Å². The smallest absolute Gasteiger partial charge is 0.198 e. The molecule has 0 aliphatic heterocycles. The number of nitriles is 1. The second kappa shape index (κ2) is 3.54. The summed E-state index contributed by atoms with van der Waals surface area (Å²) in [6, 6.07) is 2.01. The minimum Gasteiger partial charge on any atom is -0.198 e. The third-order valence-corrected chi connectivity index (χ3v) is 2.84. The largest absolute Gasteiger partial charge is 0.214 e. The zero-order chi connectivity index (χ0) is 8.27. The summed E-state index contributed by atoms with van der Waals surface area (Å²) in [5.41, 5.74) is 0. The van der Waals surface area contributed by atoms with Crippen molar-refractivity contribution in [1.29, 1.82) is 5.26 Å². The Morgan fingerprint density at radius 1 is 1.45 bits per heavy atom. The Bertz CT molecular complexity index is 302. The van der Waals surface area contributed by atoms with Crippen molar-refractivity contribution in [3.8, 4) is 6.07 Å². The van der Waals surface area contributed by atoms with Gasteiger partial charge in [0.1, 0.15) is 0 Å². The predicted octanol–water partition coefficient (Wildman–Crippen LogP) is 0.752. The van der Waals surface area contributed by atoms with Crippen LogP contribution in [0, 0.1) is 17.2 Å². The lowest BCUT2D eigenvalue weighted by Gasteiger charge is -2.14. The Balaban J connectivity index is 2.95. The topological polar surface area (TPSA) is 57.9 Å². The van der Waals surface area contributed by atoms with Crippen molar-refractivity contribution in [1.82, 2.24) is 0 Å².